The number of carbonyl (C=O) groups excluding carboxylic acids is 1. The molecule has 134 valence electrons. The minimum atomic E-state index is -3.55. The summed E-state index contributed by atoms with van der Waals surface area (Å²) in [6.45, 7) is 3.80. The molecule has 0 atom stereocenters. The monoisotopic (exact) mass is 362 g/mol. The molecule has 1 amide bonds. The lowest BCUT2D eigenvalue weighted by Crippen LogP contribution is -2.22. The topological polar surface area (TPSA) is 84.3 Å². The number of aryl methyl sites for hydroxylation is 2. The van der Waals surface area contributed by atoms with Gasteiger partial charge in [-0.1, -0.05) is 6.07 Å². The predicted molar refractivity (Wildman–Crippen MR) is 97.7 cm³/mol. The van der Waals surface area contributed by atoms with Crippen LogP contribution < -0.4 is 5.32 Å². The van der Waals surface area contributed by atoms with Gasteiger partial charge in [-0.05, 0) is 38.1 Å². The number of carbonyl (C=O) groups is 1. The summed E-state index contributed by atoms with van der Waals surface area (Å²) >= 11 is 0. The lowest BCUT2D eigenvalue weighted by molar-refractivity contribution is -0.111. The second kappa shape index (κ2) is 7.20. The van der Waals surface area contributed by atoms with Crippen LogP contribution in [0.3, 0.4) is 0 Å². The maximum Gasteiger partial charge on any atom is 0.248 e. The van der Waals surface area contributed by atoms with Gasteiger partial charge in [-0.15, -0.1) is 0 Å². The second-order valence-corrected chi connectivity index (χ2v) is 8.00. The van der Waals surface area contributed by atoms with Crippen molar-refractivity contribution < 1.29 is 13.2 Å². The Morgan fingerprint density at radius 3 is 2.52 bits per heavy atom. The molecule has 1 N–H and O–H groups in total. The smallest absolute Gasteiger partial charge is 0.248 e. The second-order valence-electron chi connectivity index (χ2n) is 5.85. The first-order valence-corrected chi connectivity index (χ1v) is 9.09. The highest BCUT2D eigenvalue weighted by Gasteiger charge is 2.17. The van der Waals surface area contributed by atoms with Gasteiger partial charge in [-0.3, -0.25) is 9.48 Å². The normalized spacial score (nSPS) is 12.1. The molecule has 0 unspecified atom stereocenters. The summed E-state index contributed by atoms with van der Waals surface area (Å²) in [7, 11) is 1.22. The van der Waals surface area contributed by atoms with Crippen LogP contribution in [0, 0.1) is 13.8 Å². The Morgan fingerprint density at radius 2 is 1.96 bits per heavy atom. The molecule has 0 aliphatic carbocycles. The van der Waals surface area contributed by atoms with Gasteiger partial charge in [-0.2, -0.15) is 5.10 Å². The number of nitrogens with zero attached hydrogens (tertiary/aromatic N) is 3. The van der Waals surface area contributed by atoms with Crippen molar-refractivity contribution in [2.24, 2.45) is 7.05 Å². The van der Waals surface area contributed by atoms with Gasteiger partial charge in [0.1, 0.15) is 0 Å². The standard InChI is InChI=1S/C17H22N4O3S/c1-12-16(13(2)21(5)19-12)9-10-17(22)18-14-7-6-8-15(11-14)25(23,24)20(3)4/h6-11H,1-5H3,(H,18,22)/b10-9+. The van der Waals surface area contributed by atoms with Gasteiger partial charge >= 0.3 is 0 Å². The summed E-state index contributed by atoms with van der Waals surface area (Å²) in [6.07, 6.45) is 3.11. The summed E-state index contributed by atoms with van der Waals surface area (Å²) in [6, 6.07) is 6.15. The molecule has 0 fully saturated rings. The van der Waals surface area contributed by atoms with E-state index in [1.165, 1.54) is 32.3 Å². The lowest BCUT2D eigenvalue weighted by Gasteiger charge is -2.12. The Morgan fingerprint density at radius 1 is 1.28 bits per heavy atom. The van der Waals surface area contributed by atoms with Crippen LogP contribution in [-0.4, -0.2) is 42.5 Å². The van der Waals surface area contributed by atoms with Gasteiger partial charge in [0, 0.05) is 44.2 Å². The van der Waals surface area contributed by atoms with E-state index in [4.69, 9.17) is 0 Å². The molecule has 1 aromatic carbocycles. The number of benzene rings is 1. The molecule has 7 nitrogen and oxygen atoms in total. The van der Waals surface area contributed by atoms with E-state index in [1.54, 1.807) is 22.9 Å². The van der Waals surface area contributed by atoms with Crippen LogP contribution in [0.5, 0.6) is 0 Å². The van der Waals surface area contributed by atoms with Gasteiger partial charge in [0.25, 0.3) is 0 Å². The molecule has 1 heterocycles. The first-order chi connectivity index (χ1) is 11.6. The van der Waals surface area contributed by atoms with Crippen LogP contribution in [-0.2, 0) is 21.9 Å². The summed E-state index contributed by atoms with van der Waals surface area (Å²) < 4.78 is 27.2. The van der Waals surface area contributed by atoms with Crippen LogP contribution in [0.15, 0.2) is 35.2 Å². The van der Waals surface area contributed by atoms with E-state index in [-0.39, 0.29) is 10.8 Å². The lowest BCUT2D eigenvalue weighted by atomic mass is 10.2. The molecular formula is C17H22N4O3S. The maximum atomic E-state index is 12.1. The summed E-state index contributed by atoms with van der Waals surface area (Å²) in [5, 5.41) is 6.96. The molecule has 25 heavy (non-hydrogen) atoms. The molecule has 0 radical (unpaired) electrons. The van der Waals surface area contributed by atoms with E-state index >= 15 is 0 Å². The molecule has 2 aromatic rings. The number of hydrogen-bond donors (Lipinski definition) is 1. The third-order valence-electron chi connectivity index (χ3n) is 3.85. The van der Waals surface area contributed by atoms with Crippen molar-refractivity contribution in [3.05, 3.63) is 47.3 Å². The summed E-state index contributed by atoms with van der Waals surface area (Å²) in [5.41, 5.74) is 3.10. The Labute approximate surface area is 148 Å². The largest absolute Gasteiger partial charge is 0.322 e. The minimum absolute atomic E-state index is 0.123. The Kier molecular flexibility index (Phi) is 5.44. The average molecular weight is 362 g/mol. The maximum absolute atomic E-state index is 12.1. The van der Waals surface area contributed by atoms with Crippen LogP contribution in [0.25, 0.3) is 6.08 Å². The highest BCUT2D eigenvalue weighted by Crippen LogP contribution is 2.18. The first kappa shape index (κ1) is 18.9. The zero-order valence-electron chi connectivity index (χ0n) is 14.9. The number of aromatic nitrogens is 2. The summed E-state index contributed by atoms with van der Waals surface area (Å²) in [5.74, 6) is -0.345. The quantitative estimate of drug-likeness (QED) is 0.824. The number of nitrogens with one attached hydrogen (secondary N) is 1. The Bertz CT molecular complexity index is 927. The third-order valence-corrected chi connectivity index (χ3v) is 5.66. The van der Waals surface area contributed by atoms with Crippen LogP contribution in [0.2, 0.25) is 0 Å². The van der Waals surface area contributed by atoms with Gasteiger partial charge in [0.2, 0.25) is 15.9 Å². The molecule has 0 spiro atoms. The molecule has 2 rings (SSSR count). The van der Waals surface area contributed by atoms with E-state index in [2.05, 4.69) is 10.4 Å². The molecule has 0 saturated heterocycles. The van der Waals surface area contributed by atoms with Gasteiger partial charge in [0.15, 0.2) is 0 Å². The van der Waals surface area contributed by atoms with E-state index in [0.717, 1.165) is 21.3 Å². The number of hydrogen-bond acceptors (Lipinski definition) is 4. The van der Waals surface area contributed by atoms with Crippen molar-refractivity contribution in [2.75, 3.05) is 19.4 Å². The number of anilines is 1. The van der Waals surface area contributed by atoms with Crippen LogP contribution in [0.1, 0.15) is 17.0 Å². The average Bonchev–Trinajstić information content (AvgIpc) is 2.78. The molecule has 0 aliphatic heterocycles. The fourth-order valence-corrected chi connectivity index (χ4v) is 3.27. The number of sulfonamides is 1. The third kappa shape index (κ3) is 4.15. The van der Waals surface area contributed by atoms with Crippen LogP contribution in [0.4, 0.5) is 5.69 Å². The molecule has 0 bridgehead atoms. The van der Waals surface area contributed by atoms with Crippen molar-refractivity contribution in [1.82, 2.24) is 14.1 Å². The van der Waals surface area contributed by atoms with E-state index in [9.17, 15) is 13.2 Å². The molecule has 1 aromatic heterocycles. The molecule has 8 heteroatoms. The SMILES string of the molecule is Cc1nn(C)c(C)c1/C=C/C(=O)Nc1cccc(S(=O)(=O)N(C)C)c1. The predicted octanol–water partition coefficient (Wildman–Crippen LogP) is 1.94. The highest BCUT2D eigenvalue weighted by atomic mass is 32.2. The number of rotatable bonds is 5. The van der Waals surface area contributed by atoms with E-state index in [0.29, 0.717) is 5.69 Å². The van der Waals surface area contributed by atoms with Gasteiger partial charge in [0.05, 0.1) is 10.6 Å². The van der Waals surface area contributed by atoms with Crippen molar-refractivity contribution in [2.45, 2.75) is 18.7 Å². The zero-order chi connectivity index (χ0) is 18.8. The Balaban J connectivity index is 2.17. The van der Waals surface area contributed by atoms with Crippen molar-refractivity contribution in [1.29, 1.82) is 0 Å². The molecular weight excluding hydrogens is 340 g/mol. The fourth-order valence-electron chi connectivity index (χ4n) is 2.32. The highest BCUT2D eigenvalue weighted by molar-refractivity contribution is 7.89. The first-order valence-electron chi connectivity index (χ1n) is 7.65. The number of amides is 1. The fraction of sp³-hybridized carbons (Fsp3) is 0.294. The van der Waals surface area contributed by atoms with Crippen molar-refractivity contribution in [3.8, 4) is 0 Å². The molecule has 0 aliphatic rings. The van der Waals surface area contributed by atoms with Gasteiger partial charge < -0.3 is 5.32 Å². The van der Waals surface area contributed by atoms with Gasteiger partial charge in [-0.25, -0.2) is 12.7 Å². The van der Waals surface area contributed by atoms with E-state index < -0.39 is 10.0 Å². The Hall–Kier alpha value is -2.45. The van der Waals surface area contributed by atoms with Crippen LogP contribution >= 0.6 is 0 Å². The molecule has 0 saturated carbocycles. The zero-order valence-corrected chi connectivity index (χ0v) is 15.8. The van der Waals surface area contributed by atoms with Crippen molar-refractivity contribution in [3.63, 3.8) is 0 Å². The van der Waals surface area contributed by atoms with E-state index in [1.807, 2.05) is 20.9 Å². The van der Waals surface area contributed by atoms with Crippen molar-refractivity contribution >= 4 is 27.7 Å². The summed E-state index contributed by atoms with van der Waals surface area (Å²) in [4.78, 5) is 12.2. The minimum Gasteiger partial charge on any atom is -0.322 e.